The molecular weight excluding hydrogens is 252 g/mol. The summed E-state index contributed by atoms with van der Waals surface area (Å²) in [6, 6.07) is -0.976. The topological polar surface area (TPSA) is 104 Å². The van der Waals surface area contributed by atoms with Crippen LogP contribution in [0.2, 0.25) is 0 Å². The summed E-state index contributed by atoms with van der Waals surface area (Å²) in [5.74, 6) is -2.79. The first-order valence-electron chi connectivity index (χ1n) is 5.88. The molecule has 1 heterocycles. The maximum Gasteiger partial charge on any atom is 0.326 e. The Kier molecular flexibility index (Phi) is 4.80. The van der Waals surface area contributed by atoms with Crippen molar-refractivity contribution in [3.05, 3.63) is 12.2 Å². The molecule has 1 aliphatic rings. The van der Waals surface area contributed by atoms with Gasteiger partial charge in [-0.25, -0.2) is 4.79 Å². The number of nitrogens with zero attached hydrogens (tertiary/aromatic N) is 1. The van der Waals surface area contributed by atoms with Gasteiger partial charge in [-0.15, -0.1) is 0 Å². The van der Waals surface area contributed by atoms with Crippen LogP contribution in [-0.2, 0) is 19.2 Å². The van der Waals surface area contributed by atoms with Gasteiger partial charge in [-0.1, -0.05) is 13.8 Å². The van der Waals surface area contributed by atoms with E-state index in [1.165, 1.54) is 0 Å². The zero-order valence-electron chi connectivity index (χ0n) is 10.8. The Morgan fingerprint density at radius 1 is 1.26 bits per heavy atom. The summed E-state index contributed by atoms with van der Waals surface area (Å²) in [6.07, 6.45) is 2.15. The van der Waals surface area contributed by atoms with Gasteiger partial charge >= 0.3 is 5.97 Å². The molecule has 0 radical (unpaired) electrons. The fourth-order valence-electron chi connectivity index (χ4n) is 1.62. The van der Waals surface area contributed by atoms with E-state index in [1.54, 1.807) is 13.8 Å². The van der Waals surface area contributed by atoms with Gasteiger partial charge in [0.15, 0.2) is 0 Å². The summed E-state index contributed by atoms with van der Waals surface area (Å²) in [4.78, 5) is 45.9. The van der Waals surface area contributed by atoms with Gasteiger partial charge in [-0.3, -0.25) is 19.3 Å². The number of aliphatic carboxylic acids is 1. The molecule has 0 fully saturated rings. The molecule has 0 aliphatic carbocycles. The summed E-state index contributed by atoms with van der Waals surface area (Å²) in [5.41, 5.74) is 0. The van der Waals surface area contributed by atoms with Crippen molar-refractivity contribution in [1.82, 2.24) is 10.2 Å². The van der Waals surface area contributed by atoms with Crippen LogP contribution >= 0.6 is 0 Å². The van der Waals surface area contributed by atoms with Gasteiger partial charge in [-0.05, 0) is 5.92 Å². The van der Waals surface area contributed by atoms with Crippen molar-refractivity contribution in [2.45, 2.75) is 26.3 Å². The fourth-order valence-corrected chi connectivity index (χ4v) is 1.62. The quantitative estimate of drug-likeness (QED) is 0.634. The highest BCUT2D eigenvalue weighted by atomic mass is 16.4. The highest BCUT2D eigenvalue weighted by Crippen LogP contribution is 2.05. The van der Waals surface area contributed by atoms with E-state index in [0.717, 1.165) is 17.1 Å². The smallest absolute Gasteiger partial charge is 0.326 e. The number of rotatable bonds is 6. The van der Waals surface area contributed by atoms with Crippen LogP contribution in [-0.4, -0.2) is 46.3 Å². The van der Waals surface area contributed by atoms with Crippen molar-refractivity contribution < 1.29 is 24.3 Å². The van der Waals surface area contributed by atoms with E-state index < -0.39 is 29.7 Å². The standard InChI is InChI=1S/C12H16N2O5/c1-7(2)11(12(18)19)13-8(15)5-6-14-9(16)3-4-10(14)17/h3-4,7,11H,5-6H2,1-2H3,(H,13,15)(H,18,19). The summed E-state index contributed by atoms with van der Waals surface area (Å²) in [5, 5.41) is 11.3. The highest BCUT2D eigenvalue weighted by molar-refractivity contribution is 6.13. The Labute approximate surface area is 110 Å². The molecule has 3 amide bonds. The van der Waals surface area contributed by atoms with Gasteiger partial charge in [0.05, 0.1) is 0 Å². The van der Waals surface area contributed by atoms with Crippen LogP contribution in [0.5, 0.6) is 0 Å². The molecule has 0 bridgehead atoms. The molecule has 0 aromatic carbocycles. The highest BCUT2D eigenvalue weighted by Gasteiger charge is 2.26. The summed E-state index contributed by atoms with van der Waals surface area (Å²) < 4.78 is 0. The molecule has 0 spiro atoms. The number of carbonyl (C=O) groups excluding carboxylic acids is 3. The first-order chi connectivity index (χ1) is 8.82. The minimum Gasteiger partial charge on any atom is -0.480 e. The average Bonchev–Trinajstić information content (AvgIpc) is 2.62. The molecule has 0 aromatic heterocycles. The lowest BCUT2D eigenvalue weighted by molar-refractivity contribution is -0.143. The molecule has 1 unspecified atom stereocenters. The largest absolute Gasteiger partial charge is 0.480 e. The summed E-state index contributed by atoms with van der Waals surface area (Å²) in [7, 11) is 0. The lowest BCUT2D eigenvalue weighted by atomic mass is 10.0. The predicted molar refractivity (Wildman–Crippen MR) is 64.9 cm³/mol. The number of imide groups is 1. The van der Waals surface area contributed by atoms with Crippen molar-refractivity contribution in [2.24, 2.45) is 5.92 Å². The van der Waals surface area contributed by atoms with Crippen molar-refractivity contribution in [3.63, 3.8) is 0 Å². The first-order valence-corrected chi connectivity index (χ1v) is 5.88. The third kappa shape index (κ3) is 3.90. The monoisotopic (exact) mass is 268 g/mol. The van der Waals surface area contributed by atoms with Crippen molar-refractivity contribution in [1.29, 1.82) is 0 Å². The molecule has 7 heteroatoms. The number of carboxylic acid groups (broad SMARTS) is 1. The average molecular weight is 268 g/mol. The number of nitrogens with one attached hydrogen (secondary N) is 1. The van der Waals surface area contributed by atoms with Gasteiger partial charge in [0.25, 0.3) is 11.8 Å². The van der Waals surface area contributed by atoms with Crippen LogP contribution in [0.3, 0.4) is 0 Å². The molecular formula is C12H16N2O5. The van der Waals surface area contributed by atoms with Crippen LogP contribution in [0.4, 0.5) is 0 Å². The molecule has 0 saturated heterocycles. The van der Waals surface area contributed by atoms with E-state index in [1.807, 2.05) is 0 Å². The summed E-state index contributed by atoms with van der Waals surface area (Å²) in [6.45, 7) is 3.30. The maximum absolute atomic E-state index is 11.6. The number of hydrogen-bond acceptors (Lipinski definition) is 4. The normalized spacial score (nSPS) is 16.1. The lowest BCUT2D eigenvalue weighted by Gasteiger charge is -2.19. The van der Waals surface area contributed by atoms with Gasteiger partial charge in [0.2, 0.25) is 5.91 Å². The molecule has 1 aliphatic heterocycles. The first kappa shape index (κ1) is 14.9. The number of carboxylic acids is 1. The van der Waals surface area contributed by atoms with E-state index in [0.29, 0.717) is 0 Å². The van der Waals surface area contributed by atoms with Gasteiger partial charge in [0.1, 0.15) is 6.04 Å². The molecule has 1 rings (SSSR count). The van der Waals surface area contributed by atoms with Crippen LogP contribution in [0.15, 0.2) is 12.2 Å². The van der Waals surface area contributed by atoms with E-state index >= 15 is 0 Å². The van der Waals surface area contributed by atoms with E-state index in [4.69, 9.17) is 5.11 Å². The Hall–Kier alpha value is -2.18. The van der Waals surface area contributed by atoms with Crippen molar-refractivity contribution in [3.8, 4) is 0 Å². The molecule has 0 aromatic rings. The minimum atomic E-state index is -1.11. The predicted octanol–water partition coefficient (Wildman–Crippen LogP) is -0.473. The second-order valence-electron chi connectivity index (χ2n) is 4.54. The SMILES string of the molecule is CC(C)C(NC(=O)CCN1C(=O)C=CC1=O)C(=O)O. The van der Waals surface area contributed by atoms with Crippen molar-refractivity contribution >= 4 is 23.7 Å². The maximum atomic E-state index is 11.6. The molecule has 104 valence electrons. The van der Waals surface area contributed by atoms with Crippen LogP contribution < -0.4 is 5.32 Å². The molecule has 2 N–H and O–H groups in total. The second kappa shape index (κ2) is 6.12. The van der Waals surface area contributed by atoms with Crippen LogP contribution in [0.1, 0.15) is 20.3 Å². The van der Waals surface area contributed by atoms with E-state index in [2.05, 4.69) is 5.32 Å². The zero-order chi connectivity index (χ0) is 14.6. The number of amides is 3. The van der Waals surface area contributed by atoms with Gasteiger partial charge in [0, 0.05) is 25.1 Å². The lowest BCUT2D eigenvalue weighted by Crippen LogP contribution is -2.45. The Morgan fingerprint density at radius 2 is 1.79 bits per heavy atom. The molecule has 0 saturated carbocycles. The number of carbonyl (C=O) groups is 4. The van der Waals surface area contributed by atoms with Crippen LogP contribution in [0.25, 0.3) is 0 Å². The second-order valence-corrected chi connectivity index (χ2v) is 4.54. The van der Waals surface area contributed by atoms with Crippen LogP contribution in [0, 0.1) is 5.92 Å². The zero-order valence-corrected chi connectivity index (χ0v) is 10.8. The third-order valence-electron chi connectivity index (χ3n) is 2.71. The summed E-state index contributed by atoms with van der Waals surface area (Å²) >= 11 is 0. The third-order valence-corrected chi connectivity index (χ3v) is 2.71. The van der Waals surface area contributed by atoms with E-state index in [9.17, 15) is 19.2 Å². The Balaban J connectivity index is 2.46. The van der Waals surface area contributed by atoms with Crippen molar-refractivity contribution in [2.75, 3.05) is 6.54 Å². The minimum absolute atomic E-state index is 0.0546. The molecule has 1 atom stereocenters. The fraction of sp³-hybridized carbons (Fsp3) is 0.500. The Morgan fingerprint density at radius 3 is 2.21 bits per heavy atom. The van der Waals surface area contributed by atoms with Gasteiger partial charge in [-0.2, -0.15) is 0 Å². The Bertz CT molecular complexity index is 423. The van der Waals surface area contributed by atoms with E-state index in [-0.39, 0.29) is 18.9 Å². The van der Waals surface area contributed by atoms with Gasteiger partial charge < -0.3 is 10.4 Å². The molecule has 7 nitrogen and oxygen atoms in total. The molecule has 19 heavy (non-hydrogen) atoms. The number of hydrogen-bond donors (Lipinski definition) is 2.